The lowest BCUT2D eigenvalue weighted by Crippen LogP contribution is -2.06. The first-order valence-electron chi connectivity index (χ1n) is 31.7. The summed E-state index contributed by atoms with van der Waals surface area (Å²) in [4.78, 5) is 22.9. The van der Waals surface area contributed by atoms with Crippen LogP contribution in [0.1, 0.15) is 0 Å². The average molecular weight is 1240 g/mol. The Bertz CT molecular complexity index is 6630. The fraction of sp³-hybridized carbons (Fsp3) is 0. The van der Waals surface area contributed by atoms with Gasteiger partial charge in [0.05, 0.1) is 71.8 Å². The van der Waals surface area contributed by atoms with E-state index in [1.807, 2.05) is 72.8 Å². The van der Waals surface area contributed by atoms with Crippen molar-refractivity contribution < 1.29 is 9.47 Å². The quantitative estimate of drug-likeness (QED) is 0.177. The number of hydrogen-bond donors (Lipinski definition) is 1. The number of H-pyrrole nitrogens is 1. The number of aromatic amines is 1. The number of nitrogens with zero attached hydrogens (tertiary/aromatic N) is 7. The first-order chi connectivity index (χ1) is 47.1. The van der Waals surface area contributed by atoms with E-state index in [4.69, 9.17) is 31.0 Å². The van der Waals surface area contributed by atoms with Crippen LogP contribution in [0, 0.1) is 0 Å². The molecule has 8 heterocycles. The molecule has 14 aromatic carbocycles. The van der Waals surface area contributed by atoms with Crippen LogP contribution in [0.15, 0.2) is 291 Å². The summed E-state index contributed by atoms with van der Waals surface area (Å²) in [7, 11) is 0. The van der Waals surface area contributed by atoms with Crippen LogP contribution in [0.5, 0.6) is 23.0 Å². The Balaban J connectivity index is 0.000000109. The summed E-state index contributed by atoms with van der Waals surface area (Å²) in [5, 5.41) is 17.0. The van der Waals surface area contributed by atoms with Gasteiger partial charge in [0.25, 0.3) is 0 Å². The fourth-order valence-electron chi connectivity index (χ4n) is 15.2. The second-order valence-electron chi connectivity index (χ2n) is 24.1. The smallest absolute Gasteiger partial charge is 0.235 e. The fourth-order valence-corrected chi connectivity index (χ4v) is 15.4. The van der Waals surface area contributed by atoms with E-state index in [1.54, 1.807) is 0 Å². The molecule has 0 unspecified atom stereocenters. The van der Waals surface area contributed by atoms with Crippen LogP contribution < -0.4 is 9.47 Å². The summed E-state index contributed by atoms with van der Waals surface area (Å²) >= 11 is 5.98. The lowest BCUT2D eigenvalue weighted by atomic mass is 9.99. The highest BCUT2D eigenvalue weighted by Gasteiger charge is 2.29. The van der Waals surface area contributed by atoms with Crippen molar-refractivity contribution in [2.24, 2.45) is 0 Å². The van der Waals surface area contributed by atoms with Gasteiger partial charge in [0, 0.05) is 92.7 Å². The Hall–Kier alpha value is -12.6. The van der Waals surface area contributed by atoms with E-state index in [-0.39, 0.29) is 5.28 Å². The number of rotatable bonds is 3. The molecule has 20 aromatic rings. The molecule has 0 saturated heterocycles. The van der Waals surface area contributed by atoms with E-state index in [0.717, 1.165) is 89.4 Å². The Morgan fingerprint density at radius 3 is 1.22 bits per heavy atom. The molecule has 6 aromatic heterocycles. The SMILES string of the molecule is Clc1nc2c3c(cccc3n1)Oc1ccccc1-2.c1ccc(-n2c3ccccc3c3c4c5ccccc5[nH]c4c4ccccc4c32)cc1.c1ccc(-n2c3ccccc3c3c4c5ccccc5n(-c5nc6c7c(cccc7n5)Oc5ccccc5-6)c4c4ccccc4c32)cc1. The maximum Gasteiger partial charge on any atom is 0.235 e. The largest absolute Gasteiger partial charge is 0.456 e. The van der Waals surface area contributed by atoms with Gasteiger partial charge in [-0.05, 0) is 109 Å². The molecule has 11 heteroatoms. The molecule has 0 radical (unpaired) electrons. The number of para-hydroxylation sites is 8. The van der Waals surface area contributed by atoms with E-state index in [0.29, 0.717) is 5.95 Å². The Kier molecular flexibility index (Phi) is 11.6. The minimum absolute atomic E-state index is 0.256. The van der Waals surface area contributed by atoms with Crippen molar-refractivity contribution in [3.05, 3.63) is 296 Å². The molecular weight excluding hydrogens is 1190 g/mol. The lowest BCUT2D eigenvalue weighted by Gasteiger charge is -2.21. The van der Waals surface area contributed by atoms with Crippen LogP contribution >= 0.6 is 11.6 Å². The predicted octanol–water partition coefficient (Wildman–Crippen LogP) is 22.4. The zero-order chi connectivity index (χ0) is 62.4. The van der Waals surface area contributed by atoms with Gasteiger partial charge in [-0.25, -0.2) is 19.9 Å². The zero-order valence-corrected chi connectivity index (χ0v) is 51.3. The van der Waals surface area contributed by atoms with E-state index < -0.39 is 0 Å². The van der Waals surface area contributed by atoms with E-state index in [1.165, 1.54) is 98.0 Å². The summed E-state index contributed by atoms with van der Waals surface area (Å²) in [6.45, 7) is 0. The van der Waals surface area contributed by atoms with Gasteiger partial charge < -0.3 is 23.6 Å². The molecule has 95 heavy (non-hydrogen) atoms. The number of benzene rings is 14. The Labute approximate surface area is 546 Å². The third-order valence-electron chi connectivity index (χ3n) is 19.0. The number of halogens is 1. The van der Waals surface area contributed by atoms with Gasteiger partial charge in [-0.2, -0.15) is 0 Å². The minimum Gasteiger partial charge on any atom is -0.456 e. The molecule has 444 valence electrons. The topological polar surface area (TPSA) is 101 Å². The molecule has 22 rings (SSSR count). The summed E-state index contributed by atoms with van der Waals surface area (Å²) in [6.07, 6.45) is 0. The third-order valence-corrected chi connectivity index (χ3v) is 19.2. The van der Waals surface area contributed by atoms with Gasteiger partial charge in [0.1, 0.15) is 23.0 Å². The van der Waals surface area contributed by atoms with Gasteiger partial charge in [-0.15, -0.1) is 0 Å². The second kappa shape index (κ2) is 20.7. The van der Waals surface area contributed by atoms with Crippen molar-refractivity contribution in [1.82, 2.24) is 38.6 Å². The Morgan fingerprint density at radius 2 is 0.674 bits per heavy atom. The highest BCUT2D eigenvalue weighted by molar-refractivity contribution is 6.39. The van der Waals surface area contributed by atoms with Crippen molar-refractivity contribution in [3.63, 3.8) is 0 Å². The highest BCUT2D eigenvalue weighted by atomic mass is 35.5. The normalized spacial score (nSPS) is 12.2. The van der Waals surface area contributed by atoms with Crippen molar-refractivity contribution in [2.75, 3.05) is 0 Å². The minimum atomic E-state index is 0.256. The lowest BCUT2D eigenvalue weighted by molar-refractivity contribution is 0.486. The molecule has 2 aliphatic rings. The maximum absolute atomic E-state index is 6.32. The Morgan fingerprint density at radius 1 is 0.284 bits per heavy atom. The number of hydrogen-bond acceptors (Lipinski definition) is 6. The number of ether oxygens (including phenoxy) is 2. The maximum atomic E-state index is 6.32. The molecule has 0 fully saturated rings. The highest BCUT2D eigenvalue weighted by Crippen LogP contribution is 2.51. The van der Waals surface area contributed by atoms with Crippen LogP contribution in [0.3, 0.4) is 0 Å². The molecule has 0 bridgehead atoms. The summed E-state index contributed by atoms with van der Waals surface area (Å²) in [5.74, 6) is 3.81. The predicted molar refractivity (Wildman–Crippen MR) is 389 cm³/mol. The molecule has 10 nitrogen and oxygen atoms in total. The number of nitrogens with one attached hydrogen (secondary N) is 1. The molecule has 0 saturated carbocycles. The number of fused-ring (bicyclic) bond motifs is 24. The second-order valence-corrected chi connectivity index (χ2v) is 24.5. The van der Waals surface area contributed by atoms with E-state index in [9.17, 15) is 0 Å². The van der Waals surface area contributed by atoms with Gasteiger partial charge in [-0.1, -0.05) is 194 Å². The van der Waals surface area contributed by atoms with Crippen LogP contribution in [0.4, 0.5) is 0 Å². The summed E-state index contributed by atoms with van der Waals surface area (Å²) in [6, 6.07) is 101. The van der Waals surface area contributed by atoms with Crippen LogP contribution in [0.25, 0.3) is 170 Å². The van der Waals surface area contributed by atoms with Gasteiger partial charge >= 0.3 is 0 Å². The summed E-state index contributed by atoms with van der Waals surface area (Å²) in [5.41, 5.74) is 17.1. The third kappa shape index (κ3) is 7.86. The zero-order valence-electron chi connectivity index (χ0n) is 50.5. The van der Waals surface area contributed by atoms with Crippen molar-refractivity contribution in [3.8, 4) is 62.8 Å². The van der Waals surface area contributed by atoms with Crippen LogP contribution in [0.2, 0.25) is 5.28 Å². The molecule has 0 amide bonds. The standard InChI is InChI=1S/C42H24N4O.C28H18N2.C14H7ClN2O/c1-2-13-25(14-3-1)45-32-21-9-6-17-28(32)36-37-29-18-7-10-22-33(29)46(41(37)27-16-5-4-15-26(27)40(36)45)42-43-31-20-12-24-35-38(31)39(44-42)30-19-8-11-23-34(30)47-35;1-2-10-18(11-3-1)30-24-17-9-7-15-22(24)26-25-21-14-6-8-16-23(21)29-27(25)19-12-4-5-13-20(19)28(26)30;15-14-16-9-5-3-7-11-12(9)13(17-14)8-4-1-2-6-10(8)18-11/h1-24H;1-17,29H;1-7H. The molecule has 0 atom stereocenters. The van der Waals surface area contributed by atoms with Crippen molar-refractivity contribution in [1.29, 1.82) is 0 Å². The molecule has 0 spiro atoms. The first kappa shape index (κ1) is 53.1. The molecular formula is C84H49ClN8O2. The molecule has 0 aliphatic carbocycles. The van der Waals surface area contributed by atoms with E-state index >= 15 is 0 Å². The van der Waals surface area contributed by atoms with Gasteiger partial charge in [0.15, 0.2) is 0 Å². The summed E-state index contributed by atoms with van der Waals surface area (Å²) < 4.78 is 19.3. The number of aromatic nitrogens is 8. The van der Waals surface area contributed by atoms with Crippen LogP contribution in [-0.4, -0.2) is 38.6 Å². The average Bonchev–Trinajstić information content (AvgIpc) is 1.54. The van der Waals surface area contributed by atoms with E-state index in [2.05, 4.69) is 247 Å². The van der Waals surface area contributed by atoms with Crippen LogP contribution in [-0.2, 0) is 0 Å². The molecule has 1 N–H and O–H groups in total. The van der Waals surface area contributed by atoms with Gasteiger partial charge in [-0.3, -0.25) is 4.57 Å². The monoisotopic (exact) mass is 1240 g/mol. The molecule has 2 aliphatic heterocycles. The first-order valence-corrected chi connectivity index (χ1v) is 32.1. The van der Waals surface area contributed by atoms with Crippen molar-refractivity contribution >= 4 is 142 Å². The van der Waals surface area contributed by atoms with Gasteiger partial charge in [0.2, 0.25) is 11.2 Å². The van der Waals surface area contributed by atoms with Crippen molar-refractivity contribution in [2.45, 2.75) is 0 Å².